The Kier molecular flexibility index (Phi) is 6.46. The molecule has 4 unspecified atom stereocenters. The molecule has 4 aliphatic rings. The Morgan fingerprint density at radius 3 is 2.38 bits per heavy atom. The Labute approximate surface area is 171 Å². The van der Waals surface area contributed by atoms with Crippen molar-refractivity contribution in [3.8, 4) is 0 Å². The van der Waals surface area contributed by atoms with Gasteiger partial charge in [0.1, 0.15) is 0 Å². The van der Waals surface area contributed by atoms with E-state index in [-0.39, 0.29) is 42.5 Å². The molecule has 0 amide bonds. The molecule has 168 valence electrons. The molecule has 0 aromatic carbocycles. The van der Waals surface area contributed by atoms with E-state index in [4.69, 9.17) is 0 Å². The molecule has 2 aliphatic heterocycles. The smallest absolute Gasteiger partial charge is 0.299 e. The zero-order chi connectivity index (χ0) is 20.6. The fraction of sp³-hybridized carbons (Fsp3) is 1.00. The molecule has 2 saturated carbocycles. The zero-order valence-electron chi connectivity index (χ0n) is 17.4. The maximum atomic E-state index is 15.4. The fourth-order valence-electron chi connectivity index (χ4n) is 5.98. The molecule has 29 heavy (non-hydrogen) atoms. The van der Waals surface area contributed by atoms with E-state index in [2.05, 4.69) is 27.8 Å². The van der Waals surface area contributed by atoms with E-state index in [1.807, 2.05) is 0 Å². The first kappa shape index (κ1) is 21.8. The first-order valence-electron chi connectivity index (χ1n) is 11.4. The van der Waals surface area contributed by atoms with Crippen LogP contribution in [0, 0.1) is 17.3 Å². The van der Waals surface area contributed by atoms with Gasteiger partial charge < -0.3 is 0 Å². The number of hydrogen-bond donors (Lipinski definition) is 3. The first-order chi connectivity index (χ1) is 13.8. The van der Waals surface area contributed by atoms with Crippen LogP contribution in [0.15, 0.2) is 0 Å². The molecule has 4 atom stereocenters. The van der Waals surface area contributed by atoms with E-state index in [1.54, 1.807) is 0 Å². The second-order valence-corrected chi connectivity index (χ2v) is 10.1. The maximum Gasteiger partial charge on any atom is 0.391 e. The van der Waals surface area contributed by atoms with E-state index < -0.39 is 18.3 Å². The third-order valence-electron chi connectivity index (χ3n) is 8.04. The standard InChI is InChI=1S/C21H36F4N4/c1-20(9-3-10-20)12-26-18-17(22)19(28-13-27-18)29-11-2-4-16(29)14-5-7-15(8-6-14)21(23,24)25/h14-19,26-28H,2-13H2,1H3. The van der Waals surface area contributed by atoms with Gasteiger partial charge in [-0.3, -0.25) is 20.9 Å². The van der Waals surface area contributed by atoms with Crippen LogP contribution in [0.2, 0.25) is 0 Å². The number of rotatable bonds is 5. The minimum Gasteiger partial charge on any atom is -0.299 e. The summed E-state index contributed by atoms with van der Waals surface area (Å²) in [6, 6.07) is 0.197. The van der Waals surface area contributed by atoms with Gasteiger partial charge in [0.25, 0.3) is 0 Å². The largest absolute Gasteiger partial charge is 0.391 e. The van der Waals surface area contributed by atoms with Gasteiger partial charge in [-0.05, 0) is 62.7 Å². The topological polar surface area (TPSA) is 39.3 Å². The van der Waals surface area contributed by atoms with Gasteiger partial charge in [-0.2, -0.15) is 13.2 Å². The van der Waals surface area contributed by atoms with Crippen molar-refractivity contribution in [2.75, 3.05) is 19.8 Å². The summed E-state index contributed by atoms with van der Waals surface area (Å²) >= 11 is 0. The molecule has 3 N–H and O–H groups in total. The van der Waals surface area contributed by atoms with Gasteiger partial charge in [0.05, 0.1) is 18.2 Å². The number of hydrogen-bond acceptors (Lipinski definition) is 4. The second kappa shape index (κ2) is 8.60. The minimum absolute atomic E-state index is 0.197. The van der Waals surface area contributed by atoms with Crippen LogP contribution in [-0.4, -0.2) is 55.4 Å². The van der Waals surface area contributed by atoms with Crippen molar-refractivity contribution in [1.29, 1.82) is 0 Å². The third kappa shape index (κ3) is 4.75. The summed E-state index contributed by atoms with van der Waals surface area (Å²) in [7, 11) is 0. The van der Waals surface area contributed by atoms with Gasteiger partial charge >= 0.3 is 6.18 Å². The average Bonchev–Trinajstić information content (AvgIpc) is 3.14. The molecule has 8 heteroatoms. The normalized spacial score (nSPS) is 41.3. The summed E-state index contributed by atoms with van der Waals surface area (Å²) in [6.07, 6.45) is 1.37. The van der Waals surface area contributed by atoms with Gasteiger partial charge in [0.15, 0.2) is 6.17 Å². The Balaban J connectivity index is 1.34. The second-order valence-electron chi connectivity index (χ2n) is 10.1. The SMILES string of the molecule is CC1(CNC2NCNC(N3CCCC3C3CCC(C(F)(F)F)CC3)C2F)CCC1. The van der Waals surface area contributed by atoms with Crippen molar-refractivity contribution >= 4 is 0 Å². The van der Waals surface area contributed by atoms with E-state index >= 15 is 4.39 Å². The fourth-order valence-corrected chi connectivity index (χ4v) is 5.98. The van der Waals surface area contributed by atoms with Gasteiger partial charge in [0.2, 0.25) is 0 Å². The molecule has 0 aromatic heterocycles. The van der Waals surface area contributed by atoms with E-state index in [0.717, 1.165) is 25.9 Å². The zero-order valence-corrected chi connectivity index (χ0v) is 17.4. The molecule has 2 saturated heterocycles. The van der Waals surface area contributed by atoms with Crippen LogP contribution in [0.25, 0.3) is 0 Å². The molecule has 0 aromatic rings. The molecule has 4 rings (SSSR count). The van der Waals surface area contributed by atoms with Crippen molar-refractivity contribution in [2.45, 2.75) is 95.4 Å². The lowest BCUT2D eigenvalue weighted by Crippen LogP contribution is -2.70. The van der Waals surface area contributed by atoms with E-state index in [9.17, 15) is 13.2 Å². The van der Waals surface area contributed by atoms with Crippen molar-refractivity contribution < 1.29 is 17.6 Å². The number of likely N-dealkylation sites (tertiary alicyclic amines) is 1. The van der Waals surface area contributed by atoms with Crippen molar-refractivity contribution in [1.82, 2.24) is 20.9 Å². The number of halogens is 4. The molecule has 0 bridgehead atoms. The highest BCUT2D eigenvalue weighted by Gasteiger charge is 2.47. The van der Waals surface area contributed by atoms with E-state index in [1.165, 1.54) is 19.3 Å². The molecule has 2 heterocycles. The quantitative estimate of drug-likeness (QED) is 0.593. The number of alkyl halides is 4. The summed E-state index contributed by atoms with van der Waals surface area (Å²) in [5.74, 6) is -0.902. The van der Waals surface area contributed by atoms with Crippen LogP contribution in [0.4, 0.5) is 17.6 Å². The van der Waals surface area contributed by atoms with Crippen LogP contribution in [-0.2, 0) is 0 Å². The maximum absolute atomic E-state index is 15.4. The molecule has 0 spiro atoms. The Morgan fingerprint density at radius 2 is 1.76 bits per heavy atom. The highest BCUT2D eigenvalue weighted by atomic mass is 19.4. The Hall–Kier alpha value is -0.440. The van der Waals surface area contributed by atoms with Crippen molar-refractivity contribution in [2.24, 2.45) is 17.3 Å². The van der Waals surface area contributed by atoms with Crippen LogP contribution >= 0.6 is 0 Å². The van der Waals surface area contributed by atoms with Gasteiger partial charge in [-0.1, -0.05) is 13.3 Å². The van der Waals surface area contributed by atoms with Crippen LogP contribution in [0.1, 0.15) is 64.7 Å². The van der Waals surface area contributed by atoms with Crippen LogP contribution < -0.4 is 16.0 Å². The molecule has 4 nitrogen and oxygen atoms in total. The highest BCUT2D eigenvalue weighted by molar-refractivity contribution is 4.98. The lowest BCUT2D eigenvalue weighted by atomic mass is 9.70. The summed E-state index contributed by atoms with van der Waals surface area (Å²) in [5.41, 5.74) is 0.287. The van der Waals surface area contributed by atoms with Crippen molar-refractivity contribution in [3.63, 3.8) is 0 Å². The monoisotopic (exact) mass is 420 g/mol. The summed E-state index contributed by atoms with van der Waals surface area (Å²) in [4.78, 5) is 2.23. The third-order valence-corrected chi connectivity index (χ3v) is 8.04. The van der Waals surface area contributed by atoms with Crippen LogP contribution in [0.5, 0.6) is 0 Å². The molecule has 0 radical (unpaired) electrons. The van der Waals surface area contributed by atoms with Gasteiger partial charge in [0, 0.05) is 25.8 Å². The Bertz CT molecular complexity index is 545. The predicted octanol–water partition coefficient (Wildman–Crippen LogP) is 3.74. The molecule has 4 fully saturated rings. The minimum atomic E-state index is -4.07. The average molecular weight is 421 g/mol. The number of nitrogens with zero attached hydrogens (tertiary/aromatic N) is 1. The summed E-state index contributed by atoms with van der Waals surface area (Å²) in [5, 5.41) is 9.91. The first-order valence-corrected chi connectivity index (χ1v) is 11.4. The predicted molar refractivity (Wildman–Crippen MR) is 105 cm³/mol. The molecule has 2 aliphatic carbocycles. The van der Waals surface area contributed by atoms with Crippen LogP contribution in [0.3, 0.4) is 0 Å². The van der Waals surface area contributed by atoms with Gasteiger partial charge in [-0.25, -0.2) is 4.39 Å². The molecular weight excluding hydrogens is 384 g/mol. The van der Waals surface area contributed by atoms with E-state index in [0.29, 0.717) is 19.5 Å². The van der Waals surface area contributed by atoms with Gasteiger partial charge in [-0.15, -0.1) is 0 Å². The number of nitrogens with one attached hydrogen (secondary N) is 3. The highest BCUT2D eigenvalue weighted by Crippen LogP contribution is 2.43. The molecular formula is C21H36F4N4. The summed E-state index contributed by atoms with van der Waals surface area (Å²) < 4.78 is 54.5. The lowest BCUT2D eigenvalue weighted by Gasteiger charge is -2.46. The Morgan fingerprint density at radius 1 is 1.03 bits per heavy atom. The summed E-state index contributed by atoms with van der Waals surface area (Å²) in [6.45, 7) is 4.45. The lowest BCUT2D eigenvalue weighted by molar-refractivity contribution is -0.185. The van der Waals surface area contributed by atoms with Crippen molar-refractivity contribution in [3.05, 3.63) is 0 Å².